The Morgan fingerprint density at radius 3 is 2.66 bits per heavy atom. The smallest absolute Gasteiger partial charge is 0.241 e. The minimum absolute atomic E-state index is 0.0951. The lowest BCUT2D eigenvalue weighted by molar-refractivity contribution is -0.125. The molecule has 3 atom stereocenters. The van der Waals surface area contributed by atoms with Crippen LogP contribution >= 0.6 is 0 Å². The van der Waals surface area contributed by atoms with Gasteiger partial charge in [0.2, 0.25) is 15.9 Å². The van der Waals surface area contributed by atoms with Crippen molar-refractivity contribution in [2.24, 2.45) is 5.92 Å². The van der Waals surface area contributed by atoms with Gasteiger partial charge in [-0.3, -0.25) is 4.79 Å². The summed E-state index contributed by atoms with van der Waals surface area (Å²) in [7, 11) is -3.92. The average molecular weight is 429 g/mol. The van der Waals surface area contributed by atoms with Crippen LogP contribution < -0.4 is 10.0 Å². The van der Waals surface area contributed by atoms with E-state index in [-0.39, 0.29) is 29.4 Å². The second-order valence-corrected chi connectivity index (χ2v) is 9.52. The zero-order valence-corrected chi connectivity index (χ0v) is 17.2. The van der Waals surface area contributed by atoms with E-state index in [1.807, 2.05) is 0 Å². The summed E-state index contributed by atoms with van der Waals surface area (Å²) in [5.74, 6) is -0.419. The molecular weight excluding hydrogens is 399 g/mol. The molecule has 29 heavy (non-hydrogen) atoms. The van der Waals surface area contributed by atoms with Crippen LogP contribution in [-0.4, -0.2) is 50.8 Å². The first-order valence-corrected chi connectivity index (χ1v) is 11.7. The molecule has 3 rings (SSSR count). The van der Waals surface area contributed by atoms with Gasteiger partial charge in [0.25, 0.3) is 0 Å². The Balaban J connectivity index is 1.49. The molecule has 1 saturated heterocycles. The molecular formula is C20H29FN2O5S. The zero-order valence-electron chi connectivity index (χ0n) is 16.3. The Morgan fingerprint density at radius 1 is 1.21 bits per heavy atom. The predicted octanol–water partition coefficient (Wildman–Crippen LogP) is 1.71. The van der Waals surface area contributed by atoms with Crippen molar-refractivity contribution in [1.29, 1.82) is 0 Å². The monoisotopic (exact) mass is 428 g/mol. The normalized spacial score (nSPS) is 25.8. The molecule has 2 aliphatic rings. The van der Waals surface area contributed by atoms with Gasteiger partial charge in [-0.2, -0.15) is 0 Å². The van der Waals surface area contributed by atoms with E-state index in [1.54, 1.807) is 0 Å². The first-order valence-electron chi connectivity index (χ1n) is 10.2. The molecule has 0 unspecified atom stereocenters. The number of carbonyl (C=O) groups is 1. The molecule has 0 spiro atoms. The van der Waals surface area contributed by atoms with Crippen LogP contribution in [0.25, 0.3) is 0 Å². The maximum atomic E-state index is 13.4. The van der Waals surface area contributed by atoms with E-state index in [4.69, 9.17) is 4.74 Å². The summed E-state index contributed by atoms with van der Waals surface area (Å²) >= 11 is 0. The molecule has 1 saturated carbocycles. The molecule has 0 aromatic heterocycles. The van der Waals surface area contributed by atoms with Crippen molar-refractivity contribution in [1.82, 2.24) is 10.0 Å². The number of carbonyl (C=O) groups excluding carboxylic acids is 1. The maximum absolute atomic E-state index is 13.4. The third-order valence-electron chi connectivity index (χ3n) is 5.70. The third kappa shape index (κ3) is 5.97. The number of ether oxygens (including phenoxy) is 1. The summed E-state index contributed by atoms with van der Waals surface area (Å²) < 4.78 is 46.8. The van der Waals surface area contributed by atoms with E-state index in [1.165, 1.54) is 18.2 Å². The van der Waals surface area contributed by atoms with Crippen molar-refractivity contribution in [3.63, 3.8) is 0 Å². The Morgan fingerprint density at radius 2 is 1.97 bits per heavy atom. The quantitative estimate of drug-likeness (QED) is 0.585. The highest BCUT2D eigenvalue weighted by Gasteiger charge is 2.34. The van der Waals surface area contributed by atoms with Crippen molar-refractivity contribution >= 4 is 15.9 Å². The highest BCUT2D eigenvalue weighted by atomic mass is 32.2. The fourth-order valence-electron chi connectivity index (χ4n) is 4.07. The first kappa shape index (κ1) is 22.1. The summed E-state index contributed by atoms with van der Waals surface area (Å²) in [6.45, 7) is 0.166. The predicted molar refractivity (Wildman–Crippen MR) is 105 cm³/mol. The van der Waals surface area contributed by atoms with Gasteiger partial charge in [0.1, 0.15) is 5.82 Å². The SMILES string of the molecule is O=C(NCC[C@@H]1CC[C@@H](NS(=O)(=O)c2cccc(F)c2)[C@H](CO)O1)C1CCCC1. The van der Waals surface area contributed by atoms with Gasteiger partial charge in [-0.25, -0.2) is 17.5 Å². The van der Waals surface area contributed by atoms with Crippen LogP contribution in [0.4, 0.5) is 4.39 Å². The molecule has 2 fully saturated rings. The van der Waals surface area contributed by atoms with Crippen molar-refractivity contribution in [2.75, 3.05) is 13.2 Å². The number of halogens is 1. The van der Waals surface area contributed by atoms with E-state index >= 15 is 0 Å². The Labute approximate surface area is 171 Å². The molecule has 7 nitrogen and oxygen atoms in total. The standard InChI is InChI=1S/C20H29FN2O5S/c21-15-6-3-7-17(12-15)29(26,27)23-18-9-8-16(28-19(18)13-24)10-11-22-20(25)14-4-1-2-5-14/h3,6-7,12,14,16,18-19,23-24H,1-2,4-5,8-11,13H2,(H,22,25)/t16-,18+,19-/m0/s1. The van der Waals surface area contributed by atoms with Crippen LogP contribution in [0.15, 0.2) is 29.2 Å². The van der Waals surface area contributed by atoms with Gasteiger partial charge in [0, 0.05) is 12.5 Å². The number of hydrogen-bond donors (Lipinski definition) is 3. The van der Waals surface area contributed by atoms with Crippen LogP contribution in [0.2, 0.25) is 0 Å². The van der Waals surface area contributed by atoms with Crippen molar-refractivity contribution in [2.45, 2.75) is 68.1 Å². The summed E-state index contributed by atoms with van der Waals surface area (Å²) in [5.41, 5.74) is 0. The molecule has 1 aromatic carbocycles. The first-order chi connectivity index (χ1) is 13.9. The van der Waals surface area contributed by atoms with Gasteiger partial charge in [0.05, 0.1) is 29.8 Å². The fourth-order valence-corrected chi connectivity index (χ4v) is 5.40. The highest BCUT2D eigenvalue weighted by Crippen LogP contribution is 2.25. The van der Waals surface area contributed by atoms with E-state index in [2.05, 4.69) is 10.0 Å². The number of rotatable bonds is 8. The van der Waals surface area contributed by atoms with E-state index in [0.29, 0.717) is 25.8 Å². The summed E-state index contributed by atoms with van der Waals surface area (Å²) in [6.07, 6.45) is 4.96. The Hall–Kier alpha value is -1.55. The summed E-state index contributed by atoms with van der Waals surface area (Å²) in [4.78, 5) is 11.9. The van der Waals surface area contributed by atoms with Crippen molar-refractivity contribution < 1.29 is 27.4 Å². The molecule has 0 radical (unpaired) electrons. The van der Waals surface area contributed by atoms with Crippen LogP contribution in [0.1, 0.15) is 44.9 Å². The van der Waals surface area contributed by atoms with E-state index < -0.39 is 28.0 Å². The molecule has 1 aliphatic carbocycles. The Kier molecular flexibility index (Phi) is 7.61. The topological polar surface area (TPSA) is 105 Å². The second-order valence-electron chi connectivity index (χ2n) is 7.80. The highest BCUT2D eigenvalue weighted by molar-refractivity contribution is 7.89. The fraction of sp³-hybridized carbons (Fsp3) is 0.650. The van der Waals surface area contributed by atoms with Gasteiger partial charge < -0.3 is 15.2 Å². The molecule has 3 N–H and O–H groups in total. The Bertz CT molecular complexity index is 798. The second kappa shape index (κ2) is 9.97. The minimum Gasteiger partial charge on any atom is -0.394 e. The minimum atomic E-state index is -3.92. The lowest BCUT2D eigenvalue weighted by Gasteiger charge is -2.36. The number of amides is 1. The lowest BCUT2D eigenvalue weighted by atomic mass is 9.98. The molecule has 1 aliphatic heterocycles. The molecule has 1 amide bonds. The molecule has 0 bridgehead atoms. The van der Waals surface area contributed by atoms with Crippen LogP contribution in [0.3, 0.4) is 0 Å². The van der Waals surface area contributed by atoms with Crippen molar-refractivity contribution in [3.05, 3.63) is 30.1 Å². The lowest BCUT2D eigenvalue weighted by Crippen LogP contribution is -2.51. The maximum Gasteiger partial charge on any atom is 0.241 e. The molecule has 162 valence electrons. The number of aliphatic hydroxyl groups excluding tert-OH is 1. The molecule has 1 heterocycles. The van der Waals surface area contributed by atoms with Gasteiger partial charge in [-0.1, -0.05) is 18.9 Å². The third-order valence-corrected chi connectivity index (χ3v) is 7.19. The number of aliphatic hydroxyl groups is 1. The van der Waals surface area contributed by atoms with E-state index in [0.717, 1.165) is 31.7 Å². The van der Waals surface area contributed by atoms with Crippen LogP contribution in [-0.2, 0) is 19.6 Å². The number of nitrogens with one attached hydrogen (secondary N) is 2. The van der Waals surface area contributed by atoms with Crippen molar-refractivity contribution in [3.8, 4) is 0 Å². The number of hydrogen-bond acceptors (Lipinski definition) is 5. The summed E-state index contributed by atoms with van der Waals surface area (Å²) in [5, 5.41) is 12.6. The van der Waals surface area contributed by atoms with Gasteiger partial charge in [0.15, 0.2) is 0 Å². The summed E-state index contributed by atoms with van der Waals surface area (Å²) in [6, 6.07) is 4.18. The average Bonchev–Trinajstić information content (AvgIpc) is 3.23. The zero-order chi connectivity index (χ0) is 20.9. The number of sulfonamides is 1. The number of benzene rings is 1. The van der Waals surface area contributed by atoms with Crippen LogP contribution in [0, 0.1) is 11.7 Å². The van der Waals surface area contributed by atoms with Gasteiger partial charge >= 0.3 is 0 Å². The van der Waals surface area contributed by atoms with E-state index in [9.17, 15) is 22.7 Å². The van der Waals surface area contributed by atoms with Gasteiger partial charge in [-0.05, 0) is 50.3 Å². The van der Waals surface area contributed by atoms with Gasteiger partial charge in [-0.15, -0.1) is 0 Å². The van der Waals surface area contributed by atoms with Crippen LogP contribution in [0.5, 0.6) is 0 Å². The molecule has 9 heteroatoms. The largest absolute Gasteiger partial charge is 0.394 e. The molecule has 1 aromatic rings.